The van der Waals surface area contributed by atoms with E-state index in [1.807, 2.05) is 0 Å². The van der Waals surface area contributed by atoms with E-state index in [1.165, 1.54) is 30.5 Å². The standard InChI is InChI=1S/C11H8BrFN4O2/c12-7-2-1-6(13)5-9(7)19-11-15-4-3-8(16-11)10(14)17-18/h1-5,18H,(H2,14,17). The van der Waals surface area contributed by atoms with Gasteiger partial charge in [0.1, 0.15) is 17.3 Å². The van der Waals surface area contributed by atoms with Crippen LogP contribution in [0.25, 0.3) is 0 Å². The molecule has 0 amide bonds. The maximum atomic E-state index is 13.1. The van der Waals surface area contributed by atoms with Gasteiger partial charge in [0.25, 0.3) is 0 Å². The highest BCUT2D eigenvalue weighted by Gasteiger charge is 2.09. The van der Waals surface area contributed by atoms with Gasteiger partial charge in [-0.3, -0.25) is 0 Å². The first-order chi connectivity index (χ1) is 9.10. The van der Waals surface area contributed by atoms with Crippen LogP contribution in [-0.2, 0) is 0 Å². The lowest BCUT2D eigenvalue weighted by molar-refractivity contribution is 0.318. The van der Waals surface area contributed by atoms with Crippen molar-refractivity contribution in [3.63, 3.8) is 0 Å². The van der Waals surface area contributed by atoms with Crippen LogP contribution >= 0.6 is 15.9 Å². The van der Waals surface area contributed by atoms with Crippen molar-refractivity contribution in [2.24, 2.45) is 10.9 Å². The Balaban J connectivity index is 2.31. The quantitative estimate of drug-likeness (QED) is 0.390. The van der Waals surface area contributed by atoms with Gasteiger partial charge in [0.05, 0.1) is 4.47 Å². The number of amidine groups is 1. The van der Waals surface area contributed by atoms with Crippen molar-refractivity contribution in [2.75, 3.05) is 0 Å². The summed E-state index contributed by atoms with van der Waals surface area (Å²) in [5.41, 5.74) is 5.59. The van der Waals surface area contributed by atoms with E-state index in [1.54, 1.807) is 0 Å². The SMILES string of the molecule is N/C(=N/O)c1ccnc(Oc2cc(F)ccc2Br)n1. The summed E-state index contributed by atoms with van der Waals surface area (Å²) in [5, 5.41) is 11.4. The molecule has 0 bridgehead atoms. The number of nitrogens with zero attached hydrogens (tertiary/aromatic N) is 3. The van der Waals surface area contributed by atoms with Crippen LogP contribution in [0.2, 0.25) is 0 Å². The van der Waals surface area contributed by atoms with Gasteiger partial charge in [-0.1, -0.05) is 5.16 Å². The summed E-state index contributed by atoms with van der Waals surface area (Å²) in [5.74, 6) is -0.409. The second-order valence-electron chi connectivity index (χ2n) is 3.39. The van der Waals surface area contributed by atoms with Gasteiger partial charge in [-0.2, -0.15) is 4.98 Å². The smallest absolute Gasteiger partial charge is 0.322 e. The number of nitrogens with two attached hydrogens (primary N) is 1. The predicted molar refractivity (Wildman–Crippen MR) is 68.7 cm³/mol. The number of aromatic nitrogens is 2. The Morgan fingerprint density at radius 1 is 1.42 bits per heavy atom. The summed E-state index contributed by atoms with van der Waals surface area (Å²) in [6, 6.07) is 5.37. The zero-order chi connectivity index (χ0) is 13.8. The molecule has 0 saturated heterocycles. The molecule has 6 nitrogen and oxygen atoms in total. The van der Waals surface area contributed by atoms with Gasteiger partial charge in [0.2, 0.25) is 0 Å². The Hall–Kier alpha value is -2.22. The van der Waals surface area contributed by atoms with Gasteiger partial charge < -0.3 is 15.7 Å². The molecule has 0 saturated carbocycles. The van der Waals surface area contributed by atoms with E-state index in [0.29, 0.717) is 4.47 Å². The highest BCUT2D eigenvalue weighted by Crippen LogP contribution is 2.28. The molecule has 3 N–H and O–H groups in total. The maximum Gasteiger partial charge on any atom is 0.322 e. The molecule has 0 unspecified atom stereocenters. The van der Waals surface area contributed by atoms with Crippen LogP contribution in [0.15, 0.2) is 40.1 Å². The molecule has 0 aliphatic heterocycles. The first-order valence-corrected chi connectivity index (χ1v) is 5.83. The zero-order valence-corrected chi connectivity index (χ0v) is 11.0. The number of benzene rings is 1. The molecule has 0 radical (unpaired) electrons. The van der Waals surface area contributed by atoms with Crippen LogP contribution in [0, 0.1) is 5.82 Å². The first-order valence-electron chi connectivity index (χ1n) is 5.04. The summed E-state index contributed by atoms with van der Waals surface area (Å²) < 4.78 is 19.0. The topological polar surface area (TPSA) is 93.6 Å². The number of oxime groups is 1. The molecule has 0 spiro atoms. The minimum atomic E-state index is -0.453. The lowest BCUT2D eigenvalue weighted by Crippen LogP contribution is -2.15. The third-order valence-electron chi connectivity index (χ3n) is 2.10. The Kier molecular flexibility index (Phi) is 3.91. The molecule has 1 heterocycles. The molecule has 0 fully saturated rings. The highest BCUT2D eigenvalue weighted by molar-refractivity contribution is 9.10. The molecule has 0 atom stereocenters. The molecule has 0 aliphatic carbocycles. The summed E-state index contributed by atoms with van der Waals surface area (Å²) in [4.78, 5) is 7.77. The highest BCUT2D eigenvalue weighted by atomic mass is 79.9. The van der Waals surface area contributed by atoms with Crippen molar-refractivity contribution in [2.45, 2.75) is 0 Å². The van der Waals surface area contributed by atoms with E-state index in [0.717, 1.165) is 0 Å². The summed E-state index contributed by atoms with van der Waals surface area (Å²) in [7, 11) is 0. The molecule has 98 valence electrons. The van der Waals surface area contributed by atoms with Crippen LogP contribution in [0.4, 0.5) is 4.39 Å². The van der Waals surface area contributed by atoms with Crippen molar-refractivity contribution < 1.29 is 14.3 Å². The van der Waals surface area contributed by atoms with Gasteiger partial charge in [-0.15, -0.1) is 0 Å². The van der Waals surface area contributed by atoms with Crippen molar-refractivity contribution in [3.8, 4) is 11.8 Å². The predicted octanol–water partition coefficient (Wildman–Crippen LogP) is 2.26. The molecule has 2 aromatic rings. The van der Waals surface area contributed by atoms with Crippen molar-refractivity contribution >= 4 is 21.8 Å². The fourth-order valence-electron chi connectivity index (χ4n) is 1.24. The van der Waals surface area contributed by atoms with Crippen LogP contribution in [0.3, 0.4) is 0 Å². The summed E-state index contributed by atoms with van der Waals surface area (Å²) >= 11 is 3.21. The average Bonchev–Trinajstić information content (AvgIpc) is 2.42. The Morgan fingerprint density at radius 3 is 2.95 bits per heavy atom. The number of hydrogen-bond acceptors (Lipinski definition) is 5. The van der Waals surface area contributed by atoms with E-state index in [9.17, 15) is 4.39 Å². The van der Waals surface area contributed by atoms with Gasteiger partial charge >= 0.3 is 6.01 Å². The van der Waals surface area contributed by atoms with Gasteiger partial charge in [0, 0.05) is 12.3 Å². The fourth-order valence-corrected chi connectivity index (χ4v) is 1.57. The number of ether oxygens (including phenoxy) is 1. The van der Waals surface area contributed by atoms with Crippen molar-refractivity contribution in [3.05, 3.63) is 46.4 Å². The number of halogens is 2. The third kappa shape index (κ3) is 3.16. The third-order valence-corrected chi connectivity index (χ3v) is 2.75. The maximum absolute atomic E-state index is 13.1. The Morgan fingerprint density at radius 2 is 2.21 bits per heavy atom. The van der Waals surface area contributed by atoms with Gasteiger partial charge in [-0.25, -0.2) is 9.37 Å². The molecule has 2 rings (SSSR count). The van der Waals surface area contributed by atoms with Gasteiger partial charge in [0.15, 0.2) is 5.84 Å². The summed E-state index contributed by atoms with van der Waals surface area (Å²) in [6.45, 7) is 0. The van der Waals surface area contributed by atoms with Crippen LogP contribution in [-0.4, -0.2) is 21.0 Å². The minimum Gasteiger partial charge on any atom is -0.423 e. The number of hydrogen-bond donors (Lipinski definition) is 2. The largest absolute Gasteiger partial charge is 0.423 e. The monoisotopic (exact) mass is 326 g/mol. The normalized spacial score (nSPS) is 11.4. The molecule has 19 heavy (non-hydrogen) atoms. The number of rotatable bonds is 3. The molecule has 0 aliphatic rings. The second kappa shape index (κ2) is 5.61. The van der Waals surface area contributed by atoms with E-state index in [-0.39, 0.29) is 23.3 Å². The Bertz CT molecular complexity index is 636. The van der Waals surface area contributed by atoms with Crippen molar-refractivity contribution in [1.82, 2.24) is 9.97 Å². The van der Waals surface area contributed by atoms with Crippen LogP contribution < -0.4 is 10.5 Å². The summed E-state index contributed by atoms with van der Waals surface area (Å²) in [6.07, 6.45) is 1.38. The molecular weight excluding hydrogens is 319 g/mol. The fraction of sp³-hybridized carbons (Fsp3) is 0. The van der Waals surface area contributed by atoms with E-state index < -0.39 is 5.82 Å². The molecule has 8 heteroatoms. The molecule has 1 aromatic carbocycles. The van der Waals surface area contributed by atoms with Crippen molar-refractivity contribution in [1.29, 1.82) is 0 Å². The average molecular weight is 327 g/mol. The Labute approximate surface area is 115 Å². The molecular formula is C11H8BrFN4O2. The molecule has 1 aromatic heterocycles. The minimum absolute atomic E-state index is 0.0459. The lowest BCUT2D eigenvalue weighted by Gasteiger charge is -2.06. The van der Waals surface area contributed by atoms with E-state index in [2.05, 4.69) is 31.1 Å². The lowest BCUT2D eigenvalue weighted by atomic mass is 10.3. The van der Waals surface area contributed by atoms with Crippen LogP contribution in [0.1, 0.15) is 5.69 Å². The van der Waals surface area contributed by atoms with Gasteiger partial charge in [-0.05, 0) is 34.1 Å². The van der Waals surface area contributed by atoms with E-state index in [4.69, 9.17) is 15.7 Å². The second-order valence-corrected chi connectivity index (χ2v) is 4.24. The first kappa shape index (κ1) is 13.2. The van der Waals surface area contributed by atoms with E-state index >= 15 is 0 Å². The zero-order valence-electron chi connectivity index (χ0n) is 9.42. The van der Waals surface area contributed by atoms with Crippen LogP contribution in [0.5, 0.6) is 11.8 Å².